The molecular formula is C76H54N4S4. The molecule has 0 aliphatic rings. The summed E-state index contributed by atoms with van der Waals surface area (Å²) in [7, 11) is 0. The lowest BCUT2D eigenvalue weighted by Crippen LogP contribution is -2.16. The molecule has 0 fully saturated rings. The first-order chi connectivity index (χ1) is 41.4. The Labute approximate surface area is 504 Å². The summed E-state index contributed by atoms with van der Waals surface area (Å²) in [5.74, 6) is 0. The molecule has 0 spiro atoms. The van der Waals surface area contributed by atoms with Crippen molar-refractivity contribution < 1.29 is 0 Å². The zero-order valence-corrected chi connectivity index (χ0v) is 49.9. The van der Waals surface area contributed by atoms with Crippen LogP contribution in [0.4, 0.5) is 68.2 Å². The Kier molecular flexibility index (Phi) is 12.2. The Morgan fingerprint density at radius 3 is 0.643 bits per heavy atom. The number of fused-ring (bicyclic) bond motifs is 4. The molecule has 0 saturated heterocycles. The number of hydrogen-bond acceptors (Lipinski definition) is 8. The monoisotopic (exact) mass is 1150 g/mol. The average molecular weight is 1150 g/mol. The van der Waals surface area contributed by atoms with Crippen LogP contribution in [0.2, 0.25) is 0 Å². The van der Waals surface area contributed by atoms with Crippen LogP contribution in [0.3, 0.4) is 0 Å². The number of hydrogen-bond donors (Lipinski definition) is 0. The Hall–Kier alpha value is -9.28. The second kappa shape index (κ2) is 20.3. The van der Waals surface area contributed by atoms with Crippen LogP contribution in [0.25, 0.3) is 72.7 Å². The molecule has 0 atom stereocenters. The number of aryl methyl sites for hydroxylation is 4. The highest BCUT2D eigenvalue weighted by Crippen LogP contribution is 2.59. The number of thiophene rings is 4. The summed E-state index contributed by atoms with van der Waals surface area (Å²) in [6.07, 6.45) is 0. The number of nitrogens with zero attached hydrogens (tertiary/aromatic N) is 4. The van der Waals surface area contributed by atoms with Gasteiger partial charge in [0.15, 0.2) is 0 Å². The van der Waals surface area contributed by atoms with Gasteiger partial charge in [-0.05, 0) is 113 Å². The summed E-state index contributed by atoms with van der Waals surface area (Å²) in [4.78, 5) is 15.3. The van der Waals surface area contributed by atoms with Crippen molar-refractivity contribution in [2.24, 2.45) is 0 Å². The van der Waals surface area contributed by atoms with Gasteiger partial charge in [-0.3, -0.25) is 0 Å². The highest BCUT2D eigenvalue weighted by atomic mass is 32.1. The third-order valence-electron chi connectivity index (χ3n) is 16.7. The standard InChI is InChI=1S/C76H54N4S4/c1-47-73(59-33-17-21-37-67(59)81-47)77(51-25-9-5-10-26-51)63-45-64(78(52-27-11-6-12-28-52)74-48(2)82-68-38-22-18-34-60(68)74)56-43-44-58-66(80(54-31-15-8-16-32-54)76-50(4)84-70-40-24-20-36-62(70)76)46-65(57-42-41-55(63)71(56)72(57)58)79(53-29-13-7-14-30-53)75-49(3)83-69-39-23-19-35-61(69)75/h5-46H,1-4H3. The van der Waals surface area contributed by atoms with Crippen LogP contribution in [-0.4, -0.2) is 0 Å². The molecule has 0 bridgehead atoms. The highest BCUT2D eigenvalue weighted by Gasteiger charge is 2.33. The second-order valence-corrected chi connectivity index (χ2v) is 26.6. The molecule has 0 radical (unpaired) electrons. The zero-order chi connectivity index (χ0) is 56.2. The Morgan fingerprint density at radius 1 is 0.214 bits per heavy atom. The molecular weight excluding hydrogens is 1100 g/mol. The summed E-state index contributed by atoms with van der Waals surface area (Å²) in [5, 5.41) is 12.0. The summed E-state index contributed by atoms with van der Waals surface area (Å²) in [5.41, 5.74) is 13.6. The molecule has 0 aliphatic carbocycles. The van der Waals surface area contributed by atoms with Gasteiger partial charge in [0.1, 0.15) is 0 Å². The van der Waals surface area contributed by atoms with E-state index in [2.05, 4.69) is 302 Å². The third kappa shape index (κ3) is 7.96. The summed E-state index contributed by atoms with van der Waals surface area (Å²) in [6, 6.07) is 94.7. The lowest BCUT2D eigenvalue weighted by atomic mass is 9.89. The van der Waals surface area contributed by atoms with E-state index in [1.807, 2.05) is 45.3 Å². The lowest BCUT2D eigenvalue weighted by Gasteiger charge is -2.34. The molecule has 12 aromatic carbocycles. The molecule has 0 aliphatic heterocycles. The highest BCUT2D eigenvalue weighted by molar-refractivity contribution is 7.21. The van der Waals surface area contributed by atoms with E-state index in [0.717, 1.165) is 45.5 Å². The van der Waals surface area contributed by atoms with Gasteiger partial charge in [0.25, 0.3) is 0 Å². The second-order valence-electron chi connectivity index (χ2n) is 21.6. The quantitative estimate of drug-likeness (QED) is 0.113. The van der Waals surface area contributed by atoms with Gasteiger partial charge in [-0.1, -0.05) is 170 Å². The number of benzene rings is 12. The van der Waals surface area contributed by atoms with E-state index in [-0.39, 0.29) is 0 Å². The van der Waals surface area contributed by atoms with Gasteiger partial charge in [0.05, 0.1) is 45.5 Å². The van der Waals surface area contributed by atoms with Crippen molar-refractivity contribution in [2.75, 3.05) is 19.6 Å². The van der Waals surface area contributed by atoms with Crippen molar-refractivity contribution >= 4 is 186 Å². The number of para-hydroxylation sites is 4. The first kappa shape index (κ1) is 50.4. The largest absolute Gasteiger partial charge is 0.308 e. The molecule has 4 nitrogen and oxygen atoms in total. The molecule has 0 saturated carbocycles. The first-order valence-electron chi connectivity index (χ1n) is 28.5. The van der Waals surface area contributed by atoms with Crippen molar-refractivity contribution in [3.8, 4) is 0 Å². The minimum Gasteiger partial charge on any atom is -0.308 e. The molecule has 16 aromatic rings. The molecule has 0 N–H and O–H groups in total. The van der Waals surface area contributed by atoms with E-state index in [1.165, 1.54) is 115 Å². The Balaban J connectivity index is 1.13. The van der Waals surface area contributed by atoms with Crippen molar-refractivity contribution in [1.29, 1.82) is 0 Å². The predicted octanol–water partition coefficient (Wildman–Crippen LogP) is 24.6. The zero-order valence-electron chi connectivity index (χ0n) is 46.7. The maximum absolute atomic E-state index is 2.57. The van der Waals surface area contributed by atoms with E-state index in [4.69, 9.17) is 0 Å². The van der Waals surface area contributed by atoms with Crippen LogP contribution in [0.1, 0.15) is 19.5 Å². The Morgan fingerprint density at radius 2 is 0.417 bits per heavy atom. The van der Waals surface area contributed by atoms with Crippen LogP contribution < -0.4 is 19.6 Å². The summed E-state index contributed by atoms with van der Waals surface area (Å²) in [6.45, 7) is 9.19. The minimum atomic E-state index is 1.10. The number of anilines is 12. The maximum atomic E-state index is 2.57. The van der Waals surface area contributed by atoms with Crippen molar-refractivity contribution in [2.45, 2.75) is 27.7 Å². The fraction of sp³-hybridized carbons (Fsp3) is 0.0526. The third-order valence-corrected chi connectivity index (χ3v) is 21.0. The normalized spacial score (nSPS) is 11.8. The van der Waals surface area contributed by atoms with Gasteiger partial charge in [0, 0.05) is 115 Å². The van der Waals surface area contributed by atoms with Gasteiger partial charge in [-0.2, -0.15) is 0 Å². The molecule has 4 heterocycles. The fourth-order valence-corrected chi connectivity index (χ4v) is 17.4. The van der Waals surface area contributed by atoms with E-state index in [1.54, 1.807) is 0 Å². The fourth-order valence-electron chi connectivity index (χ4n) is 13.3. The average Bonchev–Trinajstić information content (AvgIpc) is 0.974. The molecule has 402 valence electrons. The summed E-state index contributed by atoms with van der Waals surface area (Å²) < 4.78 is 5.05. The van der Waals surface area contributed by atoms with Gasteiger partial charge in [-0.15, -0.1) is 45.3 Å². The van der Waals surface area contributed by atoms with Crippen LogP contribution in [0, 0.1) is 27.7 Å². The van der Waals surface area contributed by atoms with Crippen molar-refractivity contribution in [1.82, 2.24) is 0 Å². The SMILES string of the molecule is Cc1sc2ccccc2c1N(c1ccccc1)c1cc(N(c2ccccc2)c2c(C)sc3ccccc23)c2ccc3c(N(c4ccccc4)c4c(C)sc5ccccc45)cc(N(c4ccccc4)c4c(C)sc5ccccc45)c4ccc1c2c43. The van der Waals surface area contributed by atoms with Crippen LogP contribution in [0.5, 0.6) is 0 Å². The van der Waals surface area contributed by atoms with Crippen molar-refractivity contribution in [3.63, 3.8) is 0 Å². The number of rotatable bonds is 12. The smallest absolute Gasteiger partial charge is 0.0676 e. The lowest BCUT2D eigenvalue weighted by molar-refractivity contribution is 1.27. The summed E-state index contributed by atoms with van der Waals surface area (Å²) >= 11 is 7.46. The molecule has 0 unspecified atom stereocenters. The topological polar surface area (TPSA) is 13.0 Å². The van der Waals surface area contributed by atoms with Gasteiger partial charge in [-0.25, -0.2) is 0 Å². The van der Waals surface area contributed by atoms with Gasteiger partial charge < -0.3 is 19.6 Å². The van der Waals surface area contributed by atoms with Crippen LogP contribution in [0.15, 0.2) is 255 Å². The molecule has 4 aromatic heterocycles. The van der Waals surface area contributed by atoms with E-state index in [0.29, 0.717) is 0 Å². The van der Waals surface area contributed by atoms with E-state index in [9.17, 15) is 0 Å². The first-order valence-corrected chi connectivity index (χ1v) is 31.8. The van der Waals surface area contributed by atoms with Gasteiger partial charge >= 0.3 is 0 Å². The molecule has 16 rings (SSSR count). The molecule has 0 amide bonds. The van der Waals surface area contributed by atoms with Crippen LogP contribution in [-0.2, 0) is 0 Å². The van der Waals surface area contributed by atoms with Crippen molar-refractivity contribution in [3.05, 3.63) is 274 Å². The van der Waals surface area contributed by atoms with Crippen LogP contribution >= 0.6 is 45.3 Å². The Bertz CT molecular complexity index is 4520. The minimum absolute atomic E-state index is 1.10. The van der Waals surface area contributed by atoms with E-state index < -0.39 is 0 Å². The maximum Gasteiger partial charge on any atom is 0.0676 e. The predicted molar refractivity (Wildman–Crippen MR) is 369 cm³/mol. The molecule has 8 heteroatoms. The molecule has 84 heavy (non-hydrogen) atoms. The van der Waals surface area contributed by atoms with Gasteiger partial charge in [0.2, 0.25) is 0 Å². The van der Waals surface area contributed by atoms with E-state index >= 15 is 0 Å².